The third-order valence-corrected chi connectivity index (χ3v) is 11.2. The number of benzene rings is 3. The molecular weight excluding hydrogens is 508 g/mol. The van der Waals surface area contributed by atoms with E-state index >= 15 is 0 Å². The molecule has 8 aromatic rings. The number of fused-ring (bicyclic) bond motifs is 6. The van der Waals surface area contributed by atoms with E-state index in [2.05, 4.69) is 124 Å². The molecule has 194 valence electrons. The molecule has 40 heavy (non-hydrogen) atoms. The Morgan fingerprint density at radius 1 is 0.550 bits per heavy atom. The van der Waals surface area contributed by atoms with Gasteiger partial charge < -0.3 is 4.40 Å². The zero-order valence-corrected chi connectivity index (χ0v) is 23.2. The van der Waals surface area contributed by atoms with E-state index in [-0.39, 0.29) is 0 Å². The molecule has 0 aliphatic heterocycles. The second kappa shape index (κ2) is 9.78. The van der Waals surface area contributed by atoms with Crippen LogP contribution in [0.25, 0.3) is 38.2 Å². The summed E-state index contributed by atoms with van der Waals surface area (Å²) in [6.07, 6.45) is 7.63. The Labute approximate surface area is 234 Å². The van der Waals surface area contributed by atoms with Crippen LogP contribution < -0.4 is 0 Å². The minimum absolute atomic E-state index is 1.01. The van der Waals surface area contributed by atoms with Gasteiger partial charge in [-0.2, -0.15) is 0 Å². The molecule has 0 amide bonds. The van der Waals surface area contributed by atoms with Crippen LogP contribution in [0.3, 0.4) is 0 Å². The molecule has 0 aliphatic carbocycles. The molecule has 0 spiro atoms. The molecule has 8 rings (SSSR count). The zero-order valence-electron chi connectivity index (χ0n) is 22.4. The summed E-state index contributed by atoms with van der Waals surface area (Å²) in [5, 5.41) is 4.55. The Kier molecular flexibility index (Phi) is 5.94. The highest BCUT2D eigenvalue weighted by Crippen LogP contribution is 2.73. The largest absolute Gasteiger partial charge is 0.303 e. The van der Waals surface area contributed by atoms with Gasteiger partial charge in [-0.1, -0.05) is 68.4 Å². The SMILES string of the molecule is CC.c1ccc(S(c2ccccc2)(c2ccccc2)c2cc3c4ccncc4n4c5cnccc5c(n2)c34)cc1. The summed E-state index contributed by atoms with van der Waals surface area (Å²) < 4.78 is 2.27. The molecule has 0 saturated heterocycles. The van der Waals surface area contributed by atoms with E-state index in [4.69, 9.17) is 4.98 Å². The predicted octanol–water partition coefficient (Wildman–Crippen LogP) is 9.39. The smallest absolute Gasteiger partial charge is 0.0984 e. The van der Waals surface area contributed by atoms with Crippen LogP contribution in [0.1, 0.15) is 13.8 Å². The highest BCUT2D eigenvalue weighted by atomic mass is 32.3. The van der Waals surface area contributed by atoms with Gasteiger partial charge in [0.1, 0.15) is 0 Å². The second-order valence-electron chi connectivity index (χ2n) is 9.38. The molecule has 0 radical (unpaired) electrons. The molecule has 0 fully saturated rings. The fourth-order valence-corrected chi connectivity index (χ4v) is 9.62. The third-order valence-electron chi connectivity index (χ3n) is 7.42. The molecule has 5 aromatic heterocycles. The van der Waals surface area contributed by atoms with E-state index in [0.29, 0.717) is 0 Å². The van der Waals surface area contributed by atoms with Crippen LogP contribution in [0.2, 0.25) is 0 Å². The number of aromatic nitrogens is 4. The minimum atomic E-state index is -1.91. The average molecular weight is 537 g/mol. The van der Waals surface area contributed by atoms with Gasteiger partial charge in [-0.3, -0.25) is 9.97 Å². The van der Waals surface area contributed by atoms with Gasteiger partial charge in [0, 0.05) is 43.2 Å². The number of hydrogen-bond donors (Lipinski definition) is 0. The van der Waals surface area contributed by atoms with Gasteiger partial charge in [0.15, 0.2) is 0 Å². The van der Waals surface area contributed by atoms with Crippen molar-refractivity contribution >= 4 is 48.3 Å². The maximum atomic E-state index is 5.58. The standard InChI is InChI=1S/C33H22N4S.C2H6/c1-4-10-23(11-5-1)38(24-12-6-2-7-13-24,25-14-8-3-9-15-25)31-20-28-26-16-18-34-21-29(26)37-30-22-35-19-17-27(30)32(36-31)33(28)37;1-2/h1-22H;1-2H3. The third kappa shape index (κ3) is 3.38. The van der Waals surface area contributed by atoms with Gasteiger partial charge in [-0.15, -0.1) is 10.0 Å². The molecule has 0 bridgehead atoms. The Morgan fingerprint density at radius 2 is 1.02 bits per heavy atom. The summed E-state index contributed by atoms with van der Waals surface area (Å²) in [7, 11) is -1.91. The van der Waals surface area contributed by atoms with E-state index in [1.165, 1.54) is 25.5 Å². The van der Waals surface area contributed by atoms with Crippen LogP contribution in [0.5, 0.6) is 0 Å². The topological polar surface area (TPSA) is 43.1 Å². The lowest BCUT2D eigenvalue weighted by molar-refractivity contribution is 1.13. The fraction of sp³-hybridized carbons (Fsp3) is 0.0571. The van der Waals surface area contributed by atoms with Crippen LogP contribution in [-0.2, 0) is 0 Å². The van der Waals surface area contributed by atoms with Crippen molar-refractivity contribution in [1.29, 1.82) is 0 Å². The molecule has 3 aromatic carbocycles. The van der Waals surface area contributed by atoms with Crippen LogP contribution in [0, 0.1) is 0 Å². The summed E-state index contributed by atoms with van der Waals surface area (Å²) in [6.45, 7) is 4.00. The lowest BCUT2D eigenvalue weighted by Gasteiger charge is -2.41. The second-order valence-corrected chi connectivity index (χ2v) is 12.4. The van der Waals surface area contributed by atoms with Crippen molar-refractivity contribution in [2.75, 3.05) is 0 Å². The first kappa shape index (κ1) is 24.3. The van der Waals surface area contributed by atoms with Crippen LogP contribution in [-0.4, -0.2) is 19.4 Å². The first-order valence-electron chi connectivity index (χ1n) is 13.6. The molecule has 0 unspecified atom stereocenters. The van der Waals surface area contributed by atoms with E-state index in [0.717, 1.165) is 32.5 Å². The van der Waals surface area contributed by atoms with Gasteiger partial charge >= 0.3 is 0 Å². The maximum Gasteiger partial charge on any atom is 0.0984 e. The van der Waals surface area contributed by atoms with Crippen molar-refractivity contribution in [1.82, 2.24) is 19.4 Å². The average Bonchev–Trinajstić information content (AvgIpc) is 3.56. The van der Waals surface area contributed by atoms with Crippen molar-refractivity contribution in [2.45, 2.75) is 33.6 Å². The van der Waals surface area contributed by atoms with Crippen LogP contribution >= 0.6 is 10.0 Å². The maximum absolute atomic E-state index is 5.58. The fourth-order valence-electron chi connectivity index (χ4n) is 5.86. The monoisotopic (exact) mass is 536 g/mol. The van der Waals surface area contributed by atoms with Gasteiger partial charge in [-0.25, -0.2) is 4.98 Å². The molecule has 5 heterocycles. The molecule has 5 heteroatoms. The molecule has 0 aliphatic rings. The molecule has 4 nitrogen and oxygen atoms in total. The van der Waals surface area contributed by atoms with Crippen molar-refractivity contribution < 1.29 is 0 Å². The first-order valence-corrected chi connectivity index (χ1v) is 15.2. The van der Waals surface area contributed by atoms with E-state index < -0.39 is 10.0 Å². The summed E-state index contributed by atoms with van der Waals surface area (Å²) >= 11 is 0. The normalized spacial score (nSPS) is 12.2. The molecule has 0 saturated carbocycles. The summed E-state index contributed by atoms with van der Waals surface area (Å²) in [5.74, 6) is 0. The summed E-state index contributed by atoms with van der Waals surface area (Å²) in [5.41, 5.74) is 4.27. The van der Waals surface area contributed by atoms with Gasteiger partial charge in [-0.05, 0) is 54.6 Å². The van der Waals surface area contributed by atoms with Gasteiger partial charge in [0.25, 0.3) is 0 Å². The van der Waals surface area contributed by atoms with E-state index in [1.54, 1.807) is 0 Å². The number of hydrogen-bond acceptors (Lipinski definition) is 3. The number of rotatable bonds is 4. The van der Waals surface area contributed by atoms with Crippen molar-refractivity contribution in [3.8, 4) is 0 Å². The zero-order chi connectivity index (χ0) is 27.1. The van der Waals surface area contributed by atoms with Crippen molar-refractivity contribution in [2.24, 2.45) is 0 Å². The minimum Gasteiger partial charge on any atom is -0.303 e. The first-order chi connectivity index (χ1) is 19.9. The van der Waals surface area contributed by atoms with Gasteiger partial charge in [0.05, 0.1) is 39.5 Å². The number of nitrogens with zero attached hydrogens (tertiary/aromatic N) is 4. The van der Waals surface area contributed by atoms with Gasteiger partial charge in [0.2, 0.25) is 0 Å². The highest BCUT2D eigenvalue weighted by molar-refractivity contribution is 8.33. The summed E-state index contributed by atoms with van der Waals surface area (Å²) in [4.78, 5) is 18.3. The van der Waals surface area contributed by atoms with Crippen molar-refractivity contribution in [3.05, 3.63) is 134 Å². The van der Waals surface area contributed by atoms with Crippen LogP contribution in [0.15, 0.2) is 154 Å². The molecule has 0 N–H and O–H groups in total. The predicted molar refractivity (Wildman–Crippen MR) is 166 cm³/mol. The molecule has 0 atom stereocenters. The number of pyridine rings is 3. The van der Waals surface area contributed by atoms with E-state index in [1.807, 2.05) is 38.6 Å². The highest BCUT2D eigenvalue weighted by Gasteiger charge is 2.36. The Hall–Kier alpha value is -4.74. The molecular formula is C35H28N4S. The van der Waals surface area contributed by atoms with Crippen LogP contribution in [0.4, 0.5) is 0 Å². The Balaban J connectivity index is 0.00000130. The quantitative estimate of drug-likeness (QED) is 0.225. The Morgan fingerprint density at radius 3 is 1.55 bits per heavy atom. The van der Waals surface area contributed by atoms with Crippen molar-refractivity contribution in [3.63, 3.8) is 0 Å². The Bertz CT molecular complexity index is 1890. The summed E-state index contributed by atoms with van der Waals surface area (Å²) in [6, 6.07) is 39.2. The van der Waals surface area contributed by atoms with E-state index in [9.17, 15) is 0 Å². The lowest BCUT2D eigenvalue weighted by atomic mass is 10.2. The lowest BCUT2D eigenvalue weighted by Crippen LogP contribution is -2.07.